The Hall–Kier alpha value is -2.05. The summed E-state index contributed by atoms with van der Waals surface area (Å²) in [6, 6.07) is -1.73. The lowest BCUT2D eigenvalue weighted by atomic mass is 10.0. The highest BCUT2D eigenvalue weighted by molar-refractivity contribution is 5.82. The molecular formula is C14H23N3O4. The largest absolute Gasteiger partial charge is 0.480 e. The number of urea groups is 1. The number of hydrogen-bond donors (Lipinski definition) is 3. The van der Waals surface area contributed by atoms with Gasteiger partial charge in [0, 0.05) is 5.56 Å². The van der Waals surface area contributed by atoms with E-state index in [0.29, 0.717) is 17.9 Å². The van der Waals surface area contributed by atoms with Crippen molar-refractivity contribution in [3.05, 3.63) is 17.0 Å². The van der Waals surface area contributed by atoms with Crippen molar-refractivity contribution < 1.29 is 19.2 Å². The second-order valence-electron chi connectivity index (χ2n) is 5.60. The molecule has 2 atom stereocenters. The second kappa shape index (κ2) is 7.10. The summed E-state index contributed by atoms with van der Waals surface area (Å²) in [6.07, 6.45) is 0.377. The summed E-state index contributed by atoms with van der Waals surface area (Å²) in [5.74, 6) is -0.229. The Bertz CT molecular complexity index is 491. The van der Waals surface area contributed by atoms with Crippen molar-refractivity contribution in [2.24, 2.45) is 5.92 Å². The molecule has 1 aromatic rings. The van der Waals surface area contributed by atoms with Crippen LogP contribution in [0.5, 0.6) is 0 Å². The highest BCUT2D eigenvalue weighted by atomic mass is 16.5. The normalized spacial score (nSPS) is 13.8. The van der Waals surface area contributed by atoms with Crippen molar-refractivity contribution in [2.75, 3.05) is 0 Å². The van der Waals surface area contributed by atoms with Crippen LogP contribution in [0.3, 0.4) is 0 Å². The Morgan fingerprint density at radius 3 is 2.29 bits per heavy atom. The zero-order valence-corrected chi connectivity index (χ0v) is 13.1. The van der Waals surface area contributed by atoms with Crippen LogP contribution in [0.2, 0.25) is 0 Å². The molecule has 0 fully saturated rings. The average Bonchev–Trinajstić information content (AvgIpc) is 2.67. The number of amides is 2. The first kappa shape index (κ1) is 17.0. The molecular weight excluding hydrogens is 274 g/mol. The van der Waals surface area contributed by atoms with E-state index in [4.69, 9.17) is 9.63 Å². The van der Waals surface area contributed by atoms with Crippen LogP contribution in [0.1, 0.15) is 50.3 Å². The highest BCUT2D eigenvalue weighted by Gasteiger charge is 2.23. The number of nitrogens with zero attached hydrogens (tertiary/aromatic N) is 1. The quantitative estimate of drug-likeness (QED) is 0.746. The molecule has 7 nitrogen and oxygen atoms in total. The Morgan fingerprint density at radius 2 is 1.86 bits per heavy atom. The molecule has 0 saturated carbocycles. The Morgan fingerprint density at radius 1 is 1.24 bits per heavy atom. The summed E-state index contributed by atoms with van der Waals surface area (Å²) in [7, 11) is 0. The smallest absolute Gasteiger partial charge is 0.326 e. The van der Waals surface area contributed by atoms with Gasteiger partial charge in [-0.2, -0.15) is 0 Å². The van der Waals surface area contributed by atoms with E-state index < -0.39 is 18.0 Å². The first-order valence-corrected chi connectivity index (χ1v) is 6.95. The standard InChI is InChI=1S/C14H23N3O4/c1-7(2)6-11(13(18)19)16-14(20)15-8(3)12-9(4)17-21-10(12)5/h7-8,11H,6H2,1-5H3,(H,18,19)(H2,15,16,20)/t8?,11-/m0/s1. The molecule has 0 aliphatic rings. The van der Waals surface area contributed by atoms with E-state index in [1.165, 1.54) is 0 Å². The van der Waals surface area contributed by atoms with E-state index in [2.05, 4.69) is 15.8 Å². The van der Waals surface area contributed by atoms with E-state index in [-0.39, 0.29) is 12.0 Å². The lowest BCUT2D eigenvalue weighted by Gasteiger charge is -2.19. The van der Waals surface area contributed by atoms with Crippen LogP contribution < -0.4 is 10.6 Å². The maximum Gasteiger partial charge on any atom is 0.326 e. The molecule has 0 aromatic carbocycles. The number of rotatable bonds is 6. The van der Waals surface area contributed by atoms with Gasteiger partial charge in [-0.15, -0.1) is 0 Å². The molecule has 0 saturated heterocycles. The van der Waals surface area contributed by atoms with Crippen LogP contribution in [0, 0.1) is 19.8 Å². The second-order valence-corrected chi connectivity index (χ2v) is 5.60. The fraction of sp³-hybridized carbons (Fsp3) is 0.643. The van der Waals surface area contributed by atoms with Gasteiger partial charge in [0.1, 0.15) is 11.8 Å². The fourth-order valence-corrected chi connectivity index (χ4v) is 2.27. The molecule has 2 amide bonds. The van der Waals surface area contributed by atoms with Crippen LogP contribution >= 0.6 is 0 Å². The lowest BCUT2D eigenvalue weighted by molar-refractivity contribution is -0.139. The van der Waals surface area contributed by atoms with Gasteiger partial charge in [0.05, 0.1) is 11.7 Å². The summed E-state index contributed by atoms with van der Waals surface area (Å²) in [4.78, 5) is 23.1. The van der Waals surface area contributed by atoms with Crippen molar-refractivity contribution in [3.63, 3.8) is 0 Å². The van der Waals surface area contributed by atoms with E-state index in [9.17, 15) is 9.59 Å². The van der Waals surface area contributed by atoms with Crippen molar-refractivity contribution in [2.45, 2.75) is 53.1 Å². The zero-order chi connectivity index (χ0) is 16.2. The Kier molecular flexibility index (Phi) is 5.75. The number of aliphatic carboxylic acids is 1. The first-order valence-electron chi connectivity index (χ1n) is 6.95. The highest BCUT2D eigenvalue weighted by Crippen LogP contribution is 2.20. The fourth-order valence-electron chi connectivity index (χ4n) is 2.27. The van der Waals surface area contributed by atoms with E-state index in [0.717, 1.165) is 5.56 Å². The third kappa shape index (κ3) is 4.77. The molecule has 0 radical (unpaired) electrons. The number of nitrogens with one attached hydrogen (secondary N) is 2. The summed E-state index contributed by atoms with van der Waals surface area (Å²) in [5, 5.41) is 18.1. The first-order chi connectivity index (χ1) is 9.72. The van der Waals surface area contributed by atoms with Gasteiger partial charge in [0.2, 0.25) is 0 Å². The monoisotopic (exact) mass is 297 g/mol. The summed E-state index contributed by atoms with van der Waals surface area (Å²) >= 11 is 0. The number of carboxylic acid groups (broad SMARTS) is 1. The maximum atomic E-state index is 11.9. The van der Waals surface area contributed by atoms with Crippen LogP contribution in [0.15, 0.2) is 4.52 Å². The minimum absolute atomic E-state index is 0.173. The molecule has 1 rings (SSSR count). The molecule has 0 spiro atoms. The summed E-state index contributed by atoms with van der Waals surface area (Å²) in [5.41, 5.74) is 1.51. The molecule has 0 bridgehead atoms. The van der Waals surface area contributed by atoms with Gasteiger partial charge in [0.25, 0.3) is 0 Å². The number of carbonyl (C=O) groups excluding carboxylic acids is 1. The average molecular weight is 297 g/mol. The van der Waals surface area contributed by atoms with Crippen LogP contribution in [0.4, 0.5) is 4.79 Å². The van der Waals surface area contributed by atoms with E-state index >= 15 is 0 Å². The summed E-state index contributed by atoms with van der Waals surface area (Å²) in [6.45, 7) is 9.17. The molecule has 1 heterocycles. The van der Waals surface area contributed by atoms with Gasteiger partial charge in [-0.1, -0.05) is 19.0 Å². The third-order valence-corrected chi connectivity index (χ3v) is 3.18. The molecule has 3 N–H and O–H groups in total. The predicted octanol–water partition coefficient (Wildman–Crippen LogP) is 2.15. The molecule has 1 unspecified atom stereocenters. The van der Waals surface area contributed by atoms with Crippen LogP contribution in [0.25, 0.3) is 0 Å². The number of aromatic nitrogens is 1. The van der Waals surface area contributed by atoms with Gasteiger partial charge < -0.3 is 20.3 Å². The number of carboxylic acids is 1. The Balaban J connectivity index is 2.66. The molecule has 1 aromatic heterocycles. The van der Waals surface area contributed by atoms with Gasteiger partial charge >= 0.3 is 12.0 Å². The molecule has 0 aliphatic heterocycles. The van der Waals surface area contributed by atoms with E-state index in [1.54, 1.807) is 20.8 Å². The van der Waals surface area contributed by atoms with Crippen molar-refractivity contribution >= 4 is 12.0 Å². The van der Waals surface area contributed by atoms with Gasteiger partial charge in [-0.05, 0) is 33.1 Å². The van der Waals surface area contributed by atoms with Gasteiger partial charge in [-0.25, -0.2) is 9.59 Å². The lowest BCUT2D eigenvalue weighted by Crippen LogP contribution is -2.47. The molecule has 118 valence electrons. The molecule has 21 heavy (non-hydrogen) atoms. The van der Waals surface area contributed by atoms with Crippen molar-refractivity contribution in [1.82, 2.24) is 15.8 Å². The van der Waals surface area contributed by atoms with Crippen LogP contribution in [-0.2, 0) is 4.79 Å². The Labute approximate surface area is 124 Å². The minimum atomic E-state index is -1.04. The minimum Gasteiger partial charge on any atom is -0.480 e. The predicted molar refractivity (Wildman–Crippen MR) is 76.9 cm³/mol. The summed E-state index contributed by atoms with van der Waals surface area (Å²) < 4.78 is 5.05. The zero-order valence-electron chi connectivity index (χ0n) is 13.1. The molecule has 0 aliphatic carbocycles. The third-order valence-electron chi connectivity index (χ3n) is 3.18. The topological polar surface area (TPSA) is 104 Å². The van der Waals surface area contributed by atoms with Crippen LogP contribution in [-0.4, -0.2) is 28.3 Å². The van der Waals surface area contributed by atoms with Gasteiger partial charge in [-0.3, -0.25) is 0 Å². The SMILES string of the molecule is Cc1noc(C)c1C(C)NC(=O)N[C@@H](CC(C)C)C(=O)O. The van der Waals surface area contributed by atoms with E-state index in [1.807, 2.05) is 13.8 Å². The molecule has 7 heteroatoms. The number of hydrogen-bond acceptors (Lipinski definition) is 4. The van der Waals surface area contributed by atoms with Crippen molar-refractivity contribution in [1.29, 1.82) is 0 Å². The van der Waals surface area contributed by atoms with Gasteiger partial charge in [0.15, 0.2) is 0 Å². The van der Waals surface area contributed by atoms with Crippen molar-refractivity contribution in [3.8, 4) is 0 Å². The number of carbonyl (C=O) groups is 2. The maximum absolute atomic E-state index is 11.9. The number of aryl methyl sites for hydroxylation is 2.